The number of alkyl halides is 3. The smallest absolute Gasteiger partial charge is 0.369 e. The van der Waals surface area contributed by atoms with Crippen molar-refractivity contribution in [2.45, 2.75) is 25.6 Å². The molecule has 7 nitrogen and oxygen atoms in total. The Morgan fingerprint density at radius 3 is 2.48 bits per heavy atom. The quantitative estimate of drug-likeness (QED) is 0.640. The van der Waals surface area contributed by atoms with Gasteiger partial charge < -0.3 is 16.4 Å². The fraction of sp³-hybridized carbons (Fsp3) is 0.263. The van der Waals surface area contributed by atoms with Crippen LogP contribution in [0.1, 0.15) is 29.7 Å². The summed E-state index contributed by atoms with van der Waals surface area (Å²) in [5.74, 6) is -1.12. The number of hydrogen-bond donors (Lipinski definition) is 3. The third-order valence-electron chi connectivity index (χ3n) is 4.64. The highest BCUT2D eigenvalue weighted by Crippen LogP contribution is 2.45. The lowest BCUT2D eigenvalue weighted by atomic mass is 10.1. The van der Waals surface area contributed by atoms with E-state index in [0.29, 0.717) is 24.2 Å². The standard InChI is InChI=1S/C19H16F3N5O2/c20-19(21,22)14-7-11(8-23)1-4-15(14)27-13-3-2-12(25-10-13)9-26-17(29)18(5-6-18)16(24)28/h1-4,7,10,27H,5-6,9H2,(H2,24,28)(H,26,29). The zero-order chi connectivity index (χ0) is 21.2. The van der Waals surface area contributed by atoms with E-state index in [1.54, 1.807) is 6.07 Å². The van der Waals surface area contributed by atoms with E-state index in [1.807, 2.05) is 0 Å². The molecule has 2 aromatic rings. The zero-order valence-electron chi connectivity index (χ0n) is 15.0. The van der Waals surface area contributed by atoms with Gasteiger partial charge in [0.05, 0.1) is 47.0 Å². The minimum Gasteiger partial charge on any atom is -0.369 e. The van der Waals surface area contributed by atoms with Gasteiger partial charge in [-0.1, -0.05) is 0 Å². The molecule has 0 atom stereocenters. The summed E-state index contributed by atoms with van der Waals surface area (Å²) in [6.45, 7) is 0.0544. The minimum absolute atomic E-state index is 0.0544. The van der Waals surface area contributed by atoms with Crippen molar-refractivity contribution in [2.75, 3.05) is 5.32 Å². The number of halogens is 3. The molecule has 1 saturated carbocycles. The first-order valence-corrected chi connectivity index (χ1v) is 8.57. The van der Waals surface area contributed by atoms with Crippen LogP contribution < -0.4 is 16.4 Å². The first kappa shape index (κ1) is 20.1. The lowest BCUT2D eigenvalue weighted by Crippen LogP contribution is -2.40. The van der Waals surface area contributed by atoms with Crippen molar-refractivity contribution in [3.05, 3.63) is 53.3 Å². The van der Waals surface area contributed by atoms with Gasteiger partial charge in [-0.05, 0) is 43.2 Å². The topological polar surface area (TPSA) is 121 Å². The van der Waals surface area contributed by atoms with E-state index in [1.165, 1.54) is 30.5 Å². The van der Waals surface area contributed by atoms with Crippen molar-refractivity contribution in [3.63, 3.8) is 0 Å². The fourth-order valence-electron chi connectivity index (χ4n) is 2.77. The number of hydrogen-bond acceptors (Lipinski definition) is 5. The van der Waals surface area contributed by atoms with Gasteiger partial charge in [-0.3, -0.25) is 14.6 Å². The average molecular weight is 403 g/mol. The van der Waals surface area contributed by atoms with Gasteiger partial charge in [-0.25, -0.2) is 0 Å². The molecule has 0 spiro atoms. The molecule has 3 rings (SSSR count). The predicted molar refractivity (Wildman–Crippen MR) is 96.4 cm³/mol. The Bertz CT molecular complexity index is 992. The Morgan fingerprint density at radius 1 is 1.24 bits per heavy atom. The molecule has 1 aliphatic carbocycles. The molecule has 150 valence electrons. The third-order valence-corrected chi connectivity index (χ3v) is 4.64. The molecular formula is C19H16F3N5O2. The van der Waals surface area contributed by atoms with Crippen molar-refractivity contribution in [3.8, 4) is 6.07 Å². The molecule has 10 heteroatoms. The van der Waals surface area contributed by atoms with Crippen LogP contribution in [0.3, 0.4) is 0 Å². The Kier molecular flexibility index (Phi) is 5.16. The van der Waals surface area contributed by atoms with E-state index in [9.17, 15) is 22.8 Å². The monoisotopic (exact) mass is 403 g/mol. The van der Waals surface area contributed by atoms with E-state index in [-0.39, 0.29) is 17.8 Å². The van der Waals surface area contributed by atoms with Gasteiger partial charge in [0.2, 0.25) is 11.8 Å². The maximum Gasteiger partial charge on any atom is 0.418 e. The predicted octanol–water partition coefficient (Wildman–Crippen LogP) is 2.60. The molecule has 0 bridgehead atoms. The molecule has 0 unspecified atom stereocenters. The SMILES string of the molecule is N#Cc1ccc(Nc2ccc(CNC(=O)C3(C(N)=O)CC3)nc2)c(C(F)(F)F)c1. The van der Waals surface area contributed by atoms with Crippen LogP contribution in [0.2, 0.25) is 0 Å². The number of nitrogens with two attached hydrogens (primary N) is 1. The Hall–Kier alpha value is -3.61. The van der Waals surface area contributed by atoms with Crippen LogP contribution >= 0.6 is 0 Å². The molecule has 1 fully saturated rings. The van der Waals surface area contributed by atoms with Crippen molar-refractivity contribution in [2.24, 2.45) is 11.1 Å². The summed E-state index contributed by atoms with van der Waals surface area (Å²) in [5.41, 5.74) is 3.58. The Labute approximate surface area is 163 Å². The molecule has 2 amide bonds. The molecule has 1 aliphatic rings. The van der Waals surface area contributed by atoms with E-state index < -0.39 is 29.0 Å². The normalized spacial score (nSPS) is 14.6. The minimum atomic E-state index is -4.63. The number of amides is 2. The van der Waals surface area contributed by atoms with Gasteiger partial charge in [0.25, 0.3) is 0 Å². The van der Waals surface area contributed by atoms with Crippen molar-refractivity contribution < 1.29 is 22.8 Å². The summed E-state index contributed by atoms with van der Waals surface area (Å²) in [6, 6.07) is 7.94. The van der Waals surface area contributed by atoms with Gasteiger partial charge in [0.1, 0.15) is 5.41 Å². The van der Waals surface area contributed by atoms with E-state index in [2.05, 4.69) is 15.6 Å². The maximum atomic E-state index is 13.2. The van der Waals surface area contributed by atoms with E-state index in [4.69, 9.17) is 11.0 Å². The number of carbonyl (C=O) groups is 2. The second kappa shape index (κ2) is 7.43. The van der Waals surface area contributed by atoms with E-state index >= 15 is 0 Å². The second-order valence-corrected chi connectivity index (χ2v) is 6.66. The number of carbonyl (C=O) groups excluding carboxylic acids is 2. The highest BCUT2D eigenvalue weighted by Gasteiger charge is 2.55. The zero-order valence-corrected chi connectivity index (χ0v) is 15.0. The Morgan fingerprint density at radius 2 is 1.97 bits per heavy atom. The number of anilines is 2. The molecule has 1 aromatic heterocycles. The number of primary amides is 1. The van der Waals surface area contributed by atoms with Crippen LogP contribution in [0.15, 0.2) is 36.5 Å². The number of aromatic nitrogens is 1. The summed E-state index contributed by atoms with van der Waals surface area (Å²) in [4.78, 5) is 27.5. The molecule has 0 saturated heterocycles. The third kappa shape index (κ3) is 4.29. The number of nitrogens with one attached hydrogen (secondary N) is 2. The number of rotatable bonds is 6. The molecular weight excluding hydrogens is 387 g/mol. The molecule has 1 heterocycles. The first-order chi connectivity index (χ1) is 13.7. The average Bonchev–Trinajstić information content (AvgIpc) is 3.49. The second-order valence-electron chi connectivity index (χ2n) is 6.66. The van der Waals surface area contributed by atoms with Gasteiger partial charge in [0.15, 0.2) is 0 Å². The van der Waals surface area contributed by atoms with Gasteiger partial charge in [0, 0.05) is 0 Å². The van der Waals surface area contributed by atoms with Crippen LogP contribution in [-0.2, 0) is 22.3 Å². The molecule has 1 aromatic carbocycles. The number of benzene rings is 1. The lowest BCUT2D eigenvalue weighted by molar-refractivity contribution is -0.137. The highest BCUT2D eigenvalue weighted by atomic mass is 19.4. The molecule has 0 radical (unpaired) electrons. The maximum absolute atomic E-state index is 13.2. The number of pyridine rings is 1. The van der Waals surface area contributed by atoms with Gasteiger partial charge in [-0.2, -0.15) is 18.4 Å². The first-order valence-electron chi connectivity index (χ1n) is 8.57. The summed E-state index contributed by atoms with van der Waals surface area (Å²) >= 11 is 0. The lowest BCUT2D eigenvalue weighted by Gasteiger charge is -2.15. The van der Waals surface area contributed by atoms with Crippen molar-refractivity contribution in [1.29, 1.82) is 5.26 Å². The van der Waals surface area contributed by atoms with Crippen LogP contribution in [0.4, 0.5) is 24.5 Å². The van der Waals surface area contributed by atoms with Crippen LogP contribution in [0.25, 0.3) is 0 Å². The molecule has 29 heavy (non-hydrogen) atoms. The van der Waals surface area contributed by atoms with Crippen molar-refractivity contribution >= 4 is 23.2 Å². The number of nitriles is 1. The Balaban J connectivity index is 1.68. The van der Waals surface area contributed by atoms with E-state index in [0.717, 1.165) is 6.07 Å². The summed E-state index contributed by atoms with van der Waals surface area (Å²) in [5, 5.41) is 14.0. The summed E-state index contributed by atoms with van der Waals surface area (Å²) in [6.07, 6.45) is -2.49. The highest BCUT2D eigenvalue weighted by molar-refractivity contribution is 6.07. The largest absolute Gasteiger partial charge is 0.418 e. The molecule has 0 aliphatic heterocycles. The van der Waals surface area contributed by atoms with Gasteiger partial charge >= 0.3 is 6.18 Å². The number of nitrogens with zero attached hydrogens (tertiary/aromatic N) is 2. The summed E-state index contributed by atoms with van der Waals surface area (Å²) < 4.78 is 39.7. The van der Waals surface area contributed by atoms with Crippen molar-refractivity contribution in [1.82, 2.24) is 10.3 Å². The van der Waals surface area contributed by atoms with Crippen LogP contribution in [0, 0.1) is 16.7 Å². The molecule has 4 N–H and O–H groups in total. The van der Waals surface area contributed by atoms with Crippen LogP contribution in [0.5, 0.6) is 0 Å². The van der Waals surface area contributed by atoms with Crippen LogP contribution in [-0.4, -0.2) is 16.8 Å². The fourth-order valence-corrected chi connectivity index (χ4v) is 2.77. The van der Waals surface area contributed by atoms with Gasteiger partial charge in [-0.15, -0.1) is 0 Å². The summed E-state index contributed by atoms with van der Waals surface area (Å²) in [7, 11) is 0.